The van der Waals surface area contributed by atoms with Crippen LogP contribution in [0, 0.1) is 0 Å². The Bertz CT molecular complexity index is 867. The van der Waals surface area contributed by atoms with E-state index in [1.54, 1.807) is 6.08 Å². The Balaban J connectivity index is 1.69. The number of esters is 1. The summed E-state index contributed by atoms with van der Waals surface area (Å²) in [5.74, 6) is -0.643. The maximum Gasteiger partial charge on any atom is 0.307 e. The van der Waals surface area contributed by atoms with Crippen molar-refractivity contribution in [2.45, 2.75) is 12.5 Å². The number of thiophene rings is 1. The Morgan fingerprint density at radius 1 is 1.28 bits per heavy atom. The predicted molar refractivity (Wildman–Crippen MR) is 100 cm³/mol. The van der Waals surface area contributed by atoms with Gasteiger partial charge in [-0.15, -0.1) is 22.7 Å². The highest BCUT2D eigenvalue weighted by atomic mass is 32.1. The van der Waals surface area contributed by atoms with Crippen LogP contribution in [-0.2, 0) is 14.3 Å². The van der Waals surface area contributed by atoms with Gasteiger partial charge in [0.1, 0.15) is 5.01 Å². The molecular formula is C18H16N2O3S2. The molecule has 0 spiro atoms. The van der Waals surface area contributed by atoms with E-state index in [0.29, 0.717) is 0 Å². The first kappa shape index (κ1) is 17.3. The number of para-hydroxylation sites is 1. The highest BCUT2D eigenvalue weighted by molar-refractivity contribution is 7.19. The number of thiazole rings is 1. The zero-order valence-electron chi connectivity index (χ0n) is 13.5. The molecule has 0 radical (unpaired) electrons. The first-order chi connectivity index (χ1) is 12.2. The van der Waals surface area contributed by atoms with Crippen molar-refractivity contribution in [1.82, 2.24) is 10.3 Å². The Morgan fingerprint density at radius 2 is 2.12 bits per heavy atom. The van der Waals surface area contributed by atoms with Crippen molar-refractivity contribution in [3.8, 4) is 0 Å². The third-order valence-corrected chi connectivity index (χ3v) is 5.48. The predicted octanol–water partition coefficient (Wildman–Crippen LogP) is 3.79. The van der Waals surface area contributed by atoms with Crippen molar-refractivity contribution < 1.29 is 14.3 Å². The molecule has 7 heteroatoms. The summed E-state index contributed by atoms with van der Waals surface area (Å²) in [7, 11) is 1.34. The van der Waals surface area contributed by atoms with Crippen molar-refractivity contribution in [2.75, 3.05) is 7.11 Å². The van der Waals surface area contributed by atoms with E-state index in [-0.39, 0.29) is 18.3 Å². The molecule has 1 atom stereocenters. The number of nitrogens with one attached hydrogen (secondary N) is 1. The van der Waals surface area contributed by atoms with Gasteiger partial charge in [-0.3, -0.25) is 9.59 Å². The number of carbonyl (C=O) groups is 2. The Labute approximate surface area is 153 Å². The molecule has 2 aromatic heterocycles. The summed E-state index contributed by atoms with van der Waals surface area (Å²) >= 11 is 3.01. The fourth-order valence-corrected chi connectivity index (χ4v) is 3.94. The molecular weight excluding hydrogens is 356 g/mol. The average molecular weight is 372 g/mol. The molecule has 3 rings (SSSR count). The van der Waals surface area contributed by atoms with E-state index in [2.05, 4.69) is 10.3 Å². The number of methoxy groups -OCH3 is 1. The average Bonchev–Trinajstić information content (AvgIpc) is 3.28. The number of amides is 1. The minimum absolute atomic E-state index is 0.0950. The van der Waals surface area contributed by atoms with Crippen LogP contribution in [0.1, 0.15) is 22.3 Å². The largest absolute Gasteiger partial charge is 0.469 e. The van der Waals surface area contributed by atoms with Gasteiger partial charge in [0.25, 0.3) is 0 Å². The van der Waals surface area contributed by atoms with E-state index in [0.717, 1.165) is 20.1 Å². The van der Waals surface area contributed by atoms with Gasteiger partial charge in [-0.2, -0.15) is 0 Å². The molecule has 25 heavy (non-hydrogen) atoms. The van der Waals surface area contributed by atoms with Crippen molar-refractivity contribution in [2.24, 2.45) is 0 Å². The molecule has 0 bridgehead atoms. The van der Waals surface area contributed by atoms with Crippen LogP contribution in [-0.4, -0.2) is 24.0 Å². The van der Waals surface area contributed by atoms with Crippen molar-refractivity contribution in [3.05, 3.63) is 57.7 Å². The molecule has 0 fully saturated rings. The number of benzene rings is 1. The summed E-state index contributed by atoms with van der Waals surface area (Å²) in [4.78, 5) is 29.2. The molecule has 1 N–H and O–H groups in total. The van der Waals surface area contributed by atoms with E-state index in [1.165, 1.54) is 35.9 Å². The highest BCUT2D eigenvalue weighted by Gasteiger charge is 2.18. The van der Waals surface area contributed by atoms with Gasteiger partial charge in [0.05, 0.1) is 29.8 Å². The number of rotatable bonds is 6. The van der Waals surface area contributed by atoms with E-state index in [9.17, 15) is 9.59 Å². The standard InChI is InChI=1S/C18H16N2O3S2/c1-23-18(22)11-13(14-7-4-10-24-14)19-16(21)8-9-17-20-12-5-2-3-6-15(12)25-17/h2-10,13H,11H2,1H3,(H,19,21)/b9-8+. The molecule has 0 saturated heterocycles. The maximum atomic E-state index is 12.2. The van der Waals surface area contributed by atoms with Crippen molar-refractivity contribution >= 4 is 50.8 Å². The van der Waals surface area contributed by atoms with Crippen molar-refractivity contribution in [1.29, 1.82) is 0 Å². The summed E-state index contributed by atoms with van der Waals surface area (Å²) in [6, 6.07) is 11.2. The summed E-state index contributed by atoms with van der Waals surface area (Å²) in [6.45, 7) is 0. The van der Waals surface area contributed by atoms with Gasteiger partial charge in [0.2, 0.25) is 5.91 Å². The number of fused-ring (bicyclic) bond motifs is 1. The number of hydrogen-bond donors (Lipinski definition) is 1. The van der Waals surface area contributed by atoms with Gasteiger partial charge >= 0.3 is 5.97 Å². The molecule has 1 unspecified atom stereocenters. The van der Waals surface area contributed by atoms with Crippen LogP contribution >= 0.6 is 22.7 Å². The fourth-order valence-electron chi connectivity index (χ4n) is 2.29. The number of aromatic nitrogens is 1. The molecule has 1 aromatic carbocycles. The monoisotopic (exact) mass is 372 g/mol. The number of nitrogens with zero attached hydrogens (tertiary/aromatic N) is 1. The molecule has 0 aliphatic carbocycles. The minimum atomic E-state index is -0.403. The molecule has 0 aliphatic rings. The van der Waals surface area contributed by atoms with Crippen LogP contribution in [0.5, 0.6) is 0 Å². The first-order valence-electron chi connectivity index (χ1n) is 7.60. The van der Waals surface area contributed by atoms with Crippen LogP contribution in [0.3, 0.4) is 0 Å². The normalized spacial score (nSPS) is 12.4. The second-order valence-electron chi connectivity index (χ2n) is 5.21. The third-order valence-electron chi connectivity index (χ3n) is 3.49. The lowest BCUT2D eigenvalue weighted by molar-refractivity contribution is -0.141. The van der Waals surface area contributed by atoms with Crippen LogP contribution in [0.25, 0.3) is 16.3 Å². The van der Waals surface area contributed by atoms with Gasteiger partial charge in [0, 0.05) is 11.0 Å². The van der Waals surface area contributed by atoms with Crippen LogP contribution in [0.15, 0.2) is 47.9 Å². The van der Waals surface area contributed by atoms with Gasteiger partial charge in [0.15, 0.2) is 0 Å². The van der Waals surface area contributed by atoms with E-state index in [4.69, 9.17) is 4.74 Å². The lowest BCUT2D eigenvalue weighted by Gasteiger charge is -2.15. The Hall–Kier alpha value is -2.51. The molecule has 3 aromatic rings. The van der Waals surface area contributed by atoms with Crippen LogP contribution in [0.4, 0.5) is 0 Å². The van der Waals surface area contributed by atoms with Crippen molar-refractivity contribution in [3.63, 3.8) is 0 Å². The fraction of sp³-hybridized carbons (Fsp3) is 0.167. The summed E-state index contributed by atoms with van der Waals surface area (Å²) < 4.78 is 5.79. The Kier molecular flexibility index (Phi) is 5.57. The van der Waals surface area contributed by atoms with Crippen LogP contribution < -0.4 is 5.32 Å². The highest BCUT2D eigenvalue weighted by Crippen LogP contribution is 2.24. The smallest absolute Gasteiger partial charge is 0.307 e. The molecule has 128 valence electrons. The lowest BCUT2D eigenvalue weighted by Crippen LogP contribution is -2.28. The summed E-state index contributed by atoms with van der Waals surface area (Å²) in [5.41, 5.74) is 0.912. The zero-order chi connectivity index (χ0) is 17.6. The molecule has 0 saturated carbocycles. The third kappa shape index (κ3) is 4.52. The van der Waals surface area contributed by atoms with E-state index < -0.39 is 6.04 Å². The quantitative estimate of drug-likeness (QED) is 0.528. The number of hydrogen-bond acceptors (Lipinski definition) is 6. The number of carbonyl (C=O) groups excluding carboxylic acids is 2. The van der Waals surface area contributed by atoms with Gasteiger partial charge < -0.3 is 10.1 Å². The Morgan fingerprint density at radius 3 is 2.84 bits per heavy atom. The minimum Gasteiger partial charge on any atom is -0.469 e. The van der Waals surface area contributed by atoms with Gasteiger partial charge in [-0.25, -0.2) is 4.98 Å². The zero-order valence-corrected chi connectivity index (χ0v) is 15.1. The topological polar surface area (TPSA) is 68.3 Å². The van der Waals surface area contributed by atoms with Gasteiger partial charge in [-0.1, -0.05) is 18.2 Å². The van der Waals surface area contributed by atoms with E-state index in [1.807, 2.05) is 41.8 Å². The van der Waals surface area contributed by atoms with E-state index >= 15 is 0 Å². The SMILES string of the molecule is COC(=O)CC(NC(=O)/C=C/c1nc2ccccc2s1)c1cccs1. The summed E-state index contributed by atoms with van der Waals surface area (Å²) in [5, 5.41) is 5.52. The van der Waals surface area contributed by atoms with Gasteiger partial charge in [-0.05, 0) is 29.7 Å². The lowest BCUT2D eigenvalue weighted by atomic mass is 10.1. The molecule has 5 nitrogen and oxygen atoms in total. The summed E-state index contributed by atoms with van der Waals surface area (Å²) in [6.07, 6.45) is 3.22. The van der Waals surface area contributed by atoms with Crippen LogP contribution in [0.2, 0.25) is 0 Å². The second-order valence-corrected chi connectivity index (χ2v) is 7.25. The maximum absolute atomic E-state index is 12.2. The molecule has 0 aliphatic heterocycles. The molecule has 2 heterocycles. The first-order valence-corrected chi connectivity index (χ1v) is 9.29. The molecule has 1 amide bonds. The second kappa shape index (κ2) is 8.04. The number of ether oxygens (including phenoxy) is 1.